The van der Waals surface area contributed by atoms with Gasteiger partial charge in [-0.2, -0.15) is 0 Å². The largest absolute Gasteiger partial charge is 0.476 e. The summed E-state index contributed by atoms with van der Waals surface area (Å²) in [7, 11) is 1.79. The minimum atomic E-state index is -1.18. The summed E-state index contributed by atoms with van der Waals surface area (Å²) in [5, 5.41) is 13.5. The van der Waals surface area contributed by atoms with Crippen molar-refractivity contribution in [2.75, 3.05) is 23.3 Å². The Morgan fingerprint density at radius 1 is 1.18 bits per heavy atom. The number of benzene rings is 1. The maximum absolute atomic E-state index is 13.5. The summed E-state index contributed by atoms with van der Waals surface area (Å²) in [5.41, 5.74) is 3.56. The molecule has 1 aliphatic heterocycles. The molecule has 0 amide bonds. The van der Waals surface area contributed by atoms with Crippen LogP contribution in [-0.4, -0.2) is 43.7 Å². The van der Waals surface area contributed by atoms with Crippen LogP contribution < -0.4 is 15.8 Å². The van der Waals surface area contributed by atoms with Crippen LogP contribution >= 0.6 is 11.6 Å². The smallest absolute Gasteiger partial charge is 0.356 e. The first-order chi connectivity index (χ1) is 18.2. The number of hydrogen-bond acceptors (Lipinski definition) is 7. The summed E-state index contributed by atoms with van der Waals surface area (Å²) in [6.45, 7) is 5.55. The van der Waals surface area contributed by atoms with Gasteiger partial charge in [0.2, 0.25) is 0 Å². The lowest BCUT2D eigenvalue weighted by molar-refractivity contribution is 0.0691. The molecule has 0 bridgehead atoms. The number of halogens is 1. The molecule has 4 aromatic rings. The second-order valence-corrected chi connectivity index (χ2v) is 10.1. The number of fused-ring (bicyclic) bond motifs is 1. The first-order valence-electron chi connectivity index (χ1n) is 12.6. The van der Waals surface area contributed by atoms with Crippen LogP contribution in [0.5, 0.6) is 0 Å². The van der Waals surface area contributed by atoms with Crippen LogP contribution in [0.2, 0.25) is 5.15 Å². The predicted molar refractivity (Wildman–Crippen MR) is 148 cm³/mol. The summed E-state index contributed by atoms with van der Waals surface area (Å²) in [6, 6.07) is 10.6. The van der Waals surface area contributed by atoms with Gasteiger partial charge >= 0.3 is 5.97 Å². The molecule has 9 nitrogen and oxygen atoms in total. The van der Waals surface area contributed by atoms with E-state index in [1.54, 1.807) is 29.9 Å². The normalized spacial score (nSPS) is 15.0. The van der Waals surface area contributed by atoms with E-state index in [9.17, 15) is 14.7 Å². The van der Waals surface area contributed by atoms with Gasteiger partial charge in [0, 0.05) is 37.8 Å². The van der Waals surface area contributed by atoms with E-state index in [0.717, 1.165) is 48.6 Å². The maximum atomic E-state index is 13.5. The molecule has 1 fully saturated rings. The summed E-state index contributed by atoms with van der Waals surface area (Å²) >= 11 is 5.93. The third-order valence-electron chi connectivity index (χ3n) is 7.16. The highest BCUT2D eigenvalue weighted by molar-refractivity contribution is 6.29. The molecule has 1 atom stereocenters. The third-order valence-corrected chi connectivity index (χ3v) is 7.37. The molecule has 1 aliphatic rings. The highest BCUT2D eigenvalue weighted by atomic mass is 35.5. The fraction of sp³-hybridized carbons (Fsp3) is 0.321. The van der Waals surface area contributed by atoms with Gasteiger partial charge < -0.3 is 15.3 Å². The molecule has 10 heteroatoms. The van der Waals surface area contributed by atoms with Crippen molar-refractivity contribution in [3.63, 3.8) is 0 Å². The van der Waals surface area contributed by atoms with E-state index in [1.165, 1.54) is 0 Å². The fourth-order valence-electron chi connectivity index (χ4n) is 5.23. The Hall–Kier alpha value is -3.98. The minimum Gasteiger partial charge on any atom is -0.476 e. The SMILES string of the molecule is Cc1cc([C@@H](C)Nc2ccc(Cl)nc2C(=O)O)c2nc(C3CCN(c4cccnc4)CC3)n(C)c(=O)c2c1. The van der Waals surface area contributed by atoms with Crippen molar-refractivity contribution in [3.8, 4) is 0 Å². The van der Waals surface area contributed by atoms with E-state index in [2.05, 4.69) is 26.3 Å². The number of carbonyl (C=O) groups is 1. The van der Waals surface area contributed by atoms with Crippen molar-refractivity contribution in [1.82, 2.24) is 19.5 Å². The second kappa shape index (κ2) is 10.4. The van der Waals surface area contributed by atoms with E-state index in [0.29, 0.717) is 16.6 Å². The van der Waals surface area contributed by atoms with E-state index in [1.807, 2.05) is 38.2 Å². The summed E-state index contributed by atoms with van der Waals surface area (Å²) in [6.07, 6.45) is 5.38. The minimum absolute atomic E-state index is 0.0868. The maximum Gasteiger partial charge on any atom is 0.356 e. The number of aromatic carboxylic acids is 1. The number of nitrogens with zero attached hydrogens (tertiary/aromatic N) is 5. The molecule has 0 unspecified atom stereocenters. The number of hydrogen-bond donors (Lipinski definition) is 2. The third kappa shape index (κ3) is 4.93. The molecule has 0 radical (unpaired) electrons. The van der Waals surface area contributed by atoms with Gasteiger partial charge in [-0.15, -0.1) is 0 Å². The van der Waals surface area contributed by atoms with Crippen LogP contribution in [0.4, 0.5) is 11.4 Å². The van der Waals surface area contributed by atoms with E-state index in [-0.39, 0.29) is 28.4 Å². The number of anilines is 2. The van der Waals surface area contributed by atoms with Crippen molar-refractivity contribution < 1.29 is 9.90 Å². The first-order valence-corrected chi connectivity index (χ1v) is 12.9. The van der Waals surface area contributed by atoms with Crippen molar-refractivity contribution >= 4 is 39.8 Å². The average molecular weight is 533 g/mol. The molecule has 1 aromatic carbocycles. The summed E-state index contributed by atoms with van der Waals surface area (Å²) in [4.78, 5) is 40.8. The van der Waals surface area contributed by atoms with Crippen LogP contribution in [0.15, 0.2) is 53.6 Å². The van der Waals surface area contributed by atoms with Crippen molar-refractivity contribution in [3.05, 3.63) is 86.9 Å². The van der Waals surface area contributed by atoms with Crippen LogP contribution in [-0.2, 0) is 7.05 Å². The second-order valence-electron chi connectivity index (χ2n) is 9.76. The number of rotatable bonds is 6. The number of piperidine rings is 1. The van der Waals surface area contributed by atoms with E-state index in [4.69, 9.17) is 16.6 Å². The standard InChI is InChI=1S/C28H29ClN6O3/c1-16-13-20(17(2)31-22-6-7-23(29)32-25(22)28(37)38)24-21(14-16)27(36)34(3)26(33-24)18-8-11-35(12-9-18)19-5-4-10-30-15-19/h4-7,10,13-15,17-18,31H,8-9,11-12H2,1-3H3,(H,37,38)/t17-/m1/s1. The van der Waals surface area contributed by atoms with Crippen LogP contribution in [0.25, 0.3) is 10.9 Å². The number of aryl methyl sites for hydroxylation is 1. The molecule has 0 saturated carbocycles. The number of pyridine rings is 2. The van der Waals surface area contributed by atoms with E-state index < -0.39 is 5.97 Å². The lowest BCUT2D eigenvalue weighted by Gasteiger charge is -2.33. The zero-order valence-electron chi connectivity index (χ0n) is 21.5. The highest BCUT2D eigenvalue weighted by Crippen LogP contribution is 2.32. The molecule has 1 saturated heterocycles. The Morgan fingerprint density at radius 2 is 1.95 bits per heavy atom. The van der Waals surface area contributed by atoms with Crippen LogP contribution in [0.3, 0.4) is 0 Å². The average Bonchev–Trinajstić information content (AvgIpc) is 2.92. The Bertz CT molecular complexity index is 1560. The predicted octanol–water partition coefficient (Wildman–Crippen LogP) is 4.94. The molecule has 3 aromatic heterocycles. The topological polar surface area (TPSA) is 113 Å². The van der Waals surface area contributed by atoms with Gasteiger partial charge in [0.25, 0.3) is 5.56 Å². The zero-order valence-corrected chi connectivity index (χ0v) is 22.2. The lowest BCUT2D eigenvalue weighted by atomic mass is 9.94. The molecule has 0 spiro atoms. The quantitative estimate of drug-likeness (QED) is 0.336. The number of aromatic nitrogens is 4. The highest BCUT2D eigenvalue weighted by Gasteiger charge is 2.26. The first kappa shape index (κ1) is 25.7. The number of nitrogens with one attached hydrogen (secondary N) is 1. The van der Waals surface area contributed by atoms with Gasteiger partial charge in [0.1, 0.15) is 11.0 Å². The zero-order chi connectivity index (χ0) is 27.0. The Morgan fingerprint density at radius 3 is 2.63 bits per heavy atom. The Labute approximate surface area is 225 Å². The Kier molecular flexibility index (Phi) is 7.03. The van der Waals surface area contributed by atoms with Crippen molar-refractivity contribution in [2.45, 2.75) is 38.6 Å². The van der Waals surface area contributed by atoms with Crippen LogP contribution in [0.1, 0.15) is 59.2 Å². The molecule has 4 heterocycles. The summed E-state index contributed by atoms with van der Waals surface area (Å²) < 4.78 is 1.68. The molecular formula is C28H29ClN6O3. The Balaban J connectivity index is 1.50. The monoisotopic (exact) mass is 532 g/mol. The van der Waals surface area contributed by atoms with Gasteiger partial charge in [-0.25, -0.2) is 14.8 Å². The van der Waals surface area contributed by atoms with Gasteiger partial charge in [-0.1, -0.05) is 17.7 Å². The summed E-state index contributed by atoms with van der Waals surface area (Å²) in [5.74, 6) is -0.269. The van der Waals surface area contributed by atoms with Crippen molar-refractivity contribution in [1.29, 1.82) is 0 Å². The number of carboxylic acids is 1. The lowest BCUT2D eigenvalue weighted by Crippen LogP contribution is -2.35. The molecule has 38 heavy (non-hydrogen) atoms. The van der Waals surface area contributed by atoms with Gasteiger partial charge in [0.05, 0.1) is 34.5 Å². The fourth-order valence-corrected chi connectivity index (χ4v) is 5.37. The number of carboxylic acid groups (broad SMARTS) is 1. The van der Waals surface area contributed by atoms with Gasteiger partial charge in [-0.05, 0) is 62.6 Å². The van der Waals surface area contributed by atoms with Crippen LogP contribution in [0, 0.1) is 6.92 Å². The van der Waals surface area contributed by atoms with E-state index >= 15 is 0 Å². The van der Waals surface area contributed by atoms with Crippen molar-refractivity contribution in [2.24, 2.45) is 7.05 Å². The molecular weight excluding hydrogens is 504 g/mol. The molecule has 196 valence electrons. The molecule has 2 N–H and O–H groups in total. The molecule has 0 aliphatic carbocycles. The molecule has 5 rings (SSSR count). The van der Waals surface area contributed by atoms with Gasteiger partial charge in [0.15, 0.2) is 5.69 Å². The van der Waals surface area contributed by atoms with Gasteiger partial charge in [-0.3, -0.25) is 14.3 Å².